The Bertz CT molecular complexity index is 320. The van der Waals surface area contributed by atoms with E-state index in [1.165, 1.54) is 0 Å². The summed E-state index contributed by atoms with van der Waals surface area (Å²) in [5.74, 6) is -2.52. The number of carbonyl (C=O) groups is 2. The quantitative estimate of drug-likeness (QED) is 0.699. The fourth-order valence-corrected chi connectivity index (χ4v) is 3.68. The minimum absolute atomic E-state index is 0.0381. The first-order valence-corrected chi connectivity index (χ1v) is 4.82. The van der Waals surface area contributed by atoms with E-state index in [9.17, 15) is 14.7 Å². The van der Waals surface area contributed by atoms with Gasteiger partial charge < -0.3 is 10.2 Å². The molecule has 0 aromatic heterocycles. The summed E-state index contributed by atoms with van der Waals surface area (Å²) in [6.07, 6.45) is 1.24. The van der Waals surface area contributed by atoms with Gasteiger partial charge in [0.2, 0.25) is 0 Å². The molecule has 0 radical (unpaired) electrons. The first-order valence-electron chi connectivity index (χ1n) is 4.82. The standard InChI is InChI=1S/C10H14O4/c1-9(2)5-3-4-10(9,8(13)14)6(5)7(11)12/h5-6H,3-4H2,1-2H3,(H,11,12)(H,13,14)/t5-,6+,10-/m0/s1. The van der Waals surface area contributed by atoms with Gasteiger partial charge in [-0.15, -0.1) is 0 Å². The third-order valence-corrected chi connectivity index (χ3v) is 4.51. The van der Waals surface area contributed by atoms with Crippen LogP contribution in [0.4, 0.5) is 0 Å². The molecule has 0 heterocycles. The van der Waals surface area contributed by atoms with Gasteiger partial charge in [0.05, 0.1) is 11.3 Å². The fourth-order valence-electron chi connectivity index (χ4n) is 3.68. The Labute approximate surface area is 81.9 Å². The number of hydrogen-bond donors (Lipinski definition) is 2. The lowest BCUT2D eigenvalue weighted by atomic mass is 9.44. The third kappa shape index (κ3) is 0.678. The van der Waals surface area contributed by atoms with E-state index in [0.29, 0.717) is 6.42 Å². The van der Waals surface area contributed by atoms with Gasteiger partial charge in [0.15, 0.2) is 0 Å². The van der Waals surface area contributed by atoms with Crippen LogP contribution in [-0.4, -0.2) is 22.2 Å². The molecule has 0 aromatic rings. The molecule has 4 heteroatoms. The molecule has 3 fully saturated rings. The molecule has 2 N–H and O–H groups in total. The Morgan fingerprint density at radius 2 is 1.86 bits per heavy atom. The maximum atomic E-state index is 11.2. The lowest BCUT2D eigenvalue weighted by Crippen LogP contribution is -2.63. The molecule has 3 aliphatic rings. The van der Waals surface area contributed by atoms with Gasteiger partial charge in [-0.1, -0.05) is 13.8 Å². The van der Waals surface area contributed by atoms with Crippen LogP contribution < -0.4 is 0 Å². The predicted molar refractivity (Wildman–Crippen MR) is 47.7 cm³/mol. The maximum absolute atomic E-state index is 11.2. The molecule has 3 saturated carbocycles. The summed E-state index contributed by atoms with van der Waals surface area (Å²) in [6.45, 7) is 3.75. The van der Waals surface area contributed by atoms with E-state index >= 15 is 0 Å². The third-order valence-electron chi connectivity index (χ3n) is 4.51. The molecular weight excluding hydrogens is 184 g/mol. The monoisotopic (exact) mass is 198 g/mol. The number of aliphatic carboxylic acids is 2. The summed E-state index contributed by atoms with van der Waals surface area (Å²) in [4.78, 5) is 22.2. The van der Waals surface area contributed by atoms with Gasteiger partial charge in [-0.3, -0.25) is 9.59 Å². The summed E-state index contributed by atoms with van der Waals surface area (Å²) >= 11 is 0. The summed E-state index contributed by atoms with van der Waals surface area (Å²) in [5.41, 5.74) is -1.37. The fraction of sp³-hybridized carbons (Fsp3) is 0.800. The van der Waals surface area contributed by atoms with E-state index in [-0.39, 0.29) is 11.3 Å². The number of hydrogen-bond acceptors (Lipinski definition) is 2. The molecule has 0 aliphatic heterocycles. The maximum Gasteiger partial charge on any atom is 0.311 e. The lowest BCUT2D eigenvalue weighted by molar-refractivity contribution is -0.200. The van der Waals surface area contributed by atoms with Crippen LogP contribution in [0.2, 0.25) is 0 Å². The zero-order valence-electron chi connectivity index (χ0n) is 8.28. The second-order valence-electron chi connectivity index (χ2n) is 4.96. The van der Waals surface area contributed by atoms with Crippen molar-refractivity contribution in [1.29, 1.82) is 0 Å². The minimum Gasteiger partial charge on any atom is -0.481 e. The van der Waals surface area contributed by atoms with Crippen LogP contribution in [-0.2, 0) is 9.59 Å². The van der Waals surface area contributed by atoms with E-state index < -0.39 is 23.3 Å². The first-order chi connectivity index (χ1) is 6.35. The molecule has 78 valence electrons. The number of carboxylic acid groups (broad SMARTS) is 2. The molecule has 14 heavy (non-hydrogen) atoms. The first kappa shape index (κ1) is 9.49. The molecule has 4 nitrogen and oxygen atoms in total. The Hall–Kier alpha value is -1.06. The van der Waals surface area contributed by atoms with Crippen LogP contribution in [0, 0.1) is 22.7 Å². The molecule has 0 aromatic carbocycles. The van der Waals surface area contributed by atoms with Gasteiger partial charge in [0.1, 0.15) is 0 Å². The van der Waals surface area contributed by atoms with Gasteiger partial charge >= 0.3 is 11.9 Å². The lowest BCUT2D eigenvalue weighted by Gasteiger charge is -2.56. The van der Waals surface area contributed by atoms with Gasteiger partial charge in [-0.2, -0.15) is 0 Å². The Balaban J connectivity index is 2.45. The summed E-state index contributed by atoms with van der Waals surface area (Å²) < 4.78 is 0. The van der Waals surface area contributed by atoms with Gasteiger partial charge in [0.25, 0.3) is 0 Å². The zero-order valence-corrected chi connectivity index (χ0v) is 8.28. The van der Waals surface area contributed by atoms with Crippen LogP contribution >= 0.6 is 0 Å². The van der Waals surface area contributed by atoms with Crippen molar-refractivity contribution in [3.8, 4) is 0 Å². The van der Waals surface area contributed by atoms with Gasteiger partial charge in [-0.25, -0.2) is 0 Å². The van der Waals surface area contributed by atoms with Crippen LogP contribution in [0.5, 0.6) is 0 Å². The molecule has 2 bridgehead atoms. The topological polar surface area (TPSA) is 74.6 Å². The Morgan fingerprint density at radius 3 is 2.14 bits per heavy atom. The second-order valence-corrected chi connectivity index (χ2v) is 4.96. The average molecular weight is 198 g/mol. The van der Waals surface area contributed by atoms with Crippen molar-refractivity contribution in [2.75, 3.05) is 0 Å². The Morgan fingerprint density at radius 1 is 1.29 bits per heavy atom. The zero-order chi connectivity index (χ0) is 10.7. The molecule has 0 unspecified atom stereocenters. The van der Waals surface area contributed by atoms with Crippen molar-refractivity contribution >= 4 is 11.9 Å². The normalized spacial score (nSPS) is 43.0. The van der Waals surface area contributed by atoms with Crippen LogP contribution in [0.1, 0.15) is 26.7 Å². The highest BCUT2D eigenvalue weighted by atomic mass is 16.4. The smallest absolute Gasteiger partial charge is 0.311 e. The van der Waals surface area contributed by atoms with Crippen LogP contribution in [0.15, 0.2) is 0 Å². The number of carboxylic acids is 2. The highest BCUT2D eigenvalue weighted by Crippen LogP contribution is 2.74. The minimum atomic E-state index is -1.01. The molecule has 0 spiro atoms. The summed E-state index contributed by atoms with van der Waals surface area (Å²) in [5, 5.41) is 18.2. The predicted octanol–water partition coefficient (Wildman–Crippen LogP) is 1.21. The van der Waals surface area contributed by atoms with E-state index in [1.54, 1.807) is 0 Å². The molecular formula is C10H14O4. The van der Waals surface area contributed by atoms with Crippen molar-refractivity contribution in [2.45, 2.75) is 26.7 Å². The van der Waals surface area contributed by atoms with Crippen LogP contribution in [0.25, 0.3) is 0 Å². The van der Waals surface area contributed by atoms with Crippen molar-refractivity contribution in [2.24, 2.45) is 22.7 Å². The van der Waals surface area contributed by atoms with E-state index in [0.717, 1.165) is 6.42 Å². The Kier molecular flexibility index (Phi) is 1.56. The SMILES string of the molecule is CC1(C)[C@H]2CC[C@@]1(C(=O)O)[C@H]2C(=O)O. The second kappa shape index (κ2) is 2.30. The summed E-state index contributed by atoms with van der Waals surface area (Å²) in [6, 6.07) is 0. The van der Waals surface area contributed by atoms with Crippen molar-refractivity contribution in [3.63, 3.8) is 0 Å². The largest absolute Gasteiger partial charge is 0.481 e. The van der Waals surface area contributed by atoms with E-state index in [1.807, 2.05) is 13.8 Å². The number of rotatable bonds is 2. The van der Waals surface area contributed by atoms with Gasteiger partial charge in [-0.05, 0) is 24.2 Å². The van der Waals surface area contributed by atoms with Crippen molar-refractivity contribution < 1.29 is 19.8 Å². The molecule has 3 atom stereocenters. The highest BCUT2D eigenvalue weighted by molar-refractivity contribution is 5.88. The van der Waals surface area contributed by atoms with E-state index in [2.05, 4.69) is 0 Å². The molecule has 0 amide bonds. The number of fused-ring (bicyclic) bond motifs is 1. The van der Waals surface area contributed by atoms with Crippen molar-refractivity contribution in [3.05, 3.63) is 0 Å². The molecule has 3 rings (SSSR count). The average Bonchev–Trinajstić information content (AvgIpc) is 2.54. The summed E-state index contributed by atoms with van der Waals surface area (Å²) in [7, 11) is 0. The van der Waals surface area contributed by atoms with E-state index in [4.69, 9.17) is 5.11 Å². The van der Waals surface area contributed by atoms with Crippen molar-refractivity contribution in [1.82, 2.24) is 0 Å². The molecule has 3 aliphatic carbocycles. The van der Waals surface area contributed by atoms with Crippen LogP contribution in [0.3, 0.4) is 0 Å². The highest BCUT2D eigenvalue weighted by Gasteiger charge is 2.77. The molecule has 0 saturated heterocycles. The van der Waals surface area contributed by atoms with Gasteiger partial charge in [0, 0.05) is 0 Å².